The number of rotatable bonds is 3. The van der Waals surface area contributed by atoms with E-state index < -0.39 is 0 Å². The van der Waals surface area contributed by atoms with E-state index in [0.29, 0.717) is 0 Å². The monoisotopic (exact) mass is 290 g/mol. The lowest BCUT2D eigenvalue weighted by Crippen LogP contribution is -1.91. The van der Waals surface area contributed by atoms with Gasteiger partial charge in [0.05, 0.1) is 4.88 Å². The Morgan fingerprint density at radius 2 is 1.67 bits per heavy atom. The highest BCUT2D eigenvalue weighted by atomic mass is 32.1. The fourth-order valence-electron chi connectivity index (χ4n) is 1.87. The van der Waals surface area contributed by atoms with E-state index in [9.17, 15) is 4.79 Å². The minimum absolute atomic E-state index is 0.137. The minimum atomic E-state index is 0.137. The molecule has 1 nitrogen and oxygen atoms in total. The van der Waals surface area contributed by atoms with Crippen LogP contribution in [0.15, 0.2) is 40.4 Å². The van der Waals surface area contributed by atoms with E-state index in [-0.39, 0.29) is 5.78 Å². The van der Waals surface area contributed by atoms with Crippen LogP contribution >= 0.6 is 34.0 Å². The topological polar surface area (TPSA) is 17.1 Å². The Kier molecular flexibility index (Phi) is 3.16. The van der Waals surface area contributed by atoms with Gasteiger partial charge < -0.3 is 0 Å². The molecular weight excluding hydrogens is 280 g/mol. The molecule has 0 aliphatic heterocycles. The molecule has 0 aliphatic rings. The van der Waals surface area contributed by atoms with E-state index in [4.69, 9.17) is 0 Å². The normalized spacial score (nSPS) is 10.7. The second kappa shape index (κ2) is 4.80. The molecule has 3 aromatic heterocycles. The molecule has 0 atom stereocenters. The summed E-state index contributed by atoms with van der Waals surface area (Å²) in [4.78, 5) is 15.4. The van der Waals surface area contributed by atoms with Crippen molar-refractivity contribution in [1.82, 2.24) is 0 Å². The van der Waals surface area contributed by atoms with E-state index in [2.05, 4.69) is 22.9 Å². The van der Waals surface area contributed by atoms with Crippen LogP contribution in [0.2, 0.25) is 0 Å². The third-order valence-corrected chi connectivity index (χ3v) is 5.60. The minimum Gasteiger partial charge on any atom is -0.294 e. The van der Waals surface area contributed by atoms with Crippen molar-refractivity contribution in [3.05, 3.63) is 46.0 Å². The van der Waals surface area contributed by atoms with Crippen molar-refractivity contribution in [2.45, 2.75) is 6.92 Å². The molecule has 0 bridgehead atoms. The summed E-state index contributed by atoms with van der Waals surface area (Å²) in [6.07, 6.45) is 0. The maximum Gasteiger partial charge on any atom is 0.161 e. The summed E-state index contributed by atoms with van der Waals surface area (Å²) in [5.41, 5.74) is 1.94. The molecule has 90 valence electrons. The zero-order valence-electron chi connectivity index (χ0n) is 9.67. The molecule has 0 amide bonds. The van der Waals surface area contributed by atoms with E-state index >= 15 is 0 Å². The summed E-state index contributed by atoms with van der Waals surface area (Å²) < 4.78 is 0. The first kappa shape index (κ1) is 11.8. The van der Waals surface area contributed by atoms with Crippen LogP contribution in [-0.2, 0) is 0 Å². The molecule has 3 heterocycles. The van der Waals surface area contributed by atoms with Gasteiger partial charge in [-0.2, -0.15) is 0 Å². The van der Waals surface area contributed by atoms with Crippen LogP contribution in [0.25, 0.3) is 20.2 Å². The van der Waals surface area contributed by atoms with Gasteiger partial charge in [0.15, 0.2) is 5.78 Å². The number of carbonyl (C=O) groups is 1. The number of Topliss-reactive ketones (excluding diaryl/α,β-unsaturated/α-hetero) is 1. The van der Waals surface area contributed by atoms with Crippen molar-refractivity contribution in [3.63, 3.8) is 0 Å². The van der Waals surface area contributed by atoms with Gasteiger partial charge in [0.2, 0.25) is 0 Å². The van der Waals surface area contributed by atoms with Gasteiger partial charge >= 0.3 is 0 Å². The van der Waals surface area contributed by atoms with Gasteiger partial charge in [-0.15, -0.1) is 34.0 Å². The highest BCUT2D eigenvalue weighted by Gasteiger charge is 2.18. The second-order valence-corrected chi connectivity index (χ2v) is 6.64. The zero-order valence-corrected chi connectivity index (χ0v) is 12.1. The highest BCUT2D eigenvalue weighted by Crippen LogP contribution is 2.43. The lowest BCUT2D eigenvalue weighted by molar-refractivity contribution is 0.101. The number of carbonyl (C=O) groups excluding carboxylic acids is 1. The maximum atomic E-state index is 11.8. The first-order chi connectivity index (χ1) is 8.77. The average Bonchev–Trinajstić information content (AvgIpc) is 3.10. The summed E-state index contributed by atoms with van der Waals surface area (Å²) in [6, 6.07) is 8.26. The molecule has 4 heteroatoms. The van der Waals surface area contributed by atoms with Crippen molar-refractivity contribution in [2.75, 3.05) is 0 Å². The first-order valence-electron chi connectivity index (χ1n) is 5.47. The molecule has 0 saturated heterocycles. The Hall–Kier alpha value is -1.23. The molecule has 0 radical (unpaired) electrons. The molecule has 0 saturated carbocycles. The van der Waals surface area contributed by atoms with E-state index in [1.807, 2.05) is 17.5 Å². The number of hydrogen-bond acceptors (Lipinski definition) is 4. The van der Waals surface area contributed by atoms with Gasteiger partial charge in [0.25, 0.3) is 0 Å². The molecule has 3 rings (SSSR count). The lowest BCUT2D eigenvalue weighted by atomic mass is 10.1. The van der Waals surface area contributed by atoms with Crippen LogP contribution in [0, 0.1) is 0 Å². The van der Waals surface area contributed by atoms with Crippen molar-refractivity contribution in [2.24, 2.45) is 0 Å². The Morgan fingerprint density at radius 1 is 1.00 bits per heavy atom. The Labute approximate surface area is 117 Å². The predicted octanol–water partition coefficient (Wildman–Crippen LogP) is 5.41. The molecule has 0 unspecified atom stereocenters. The van der Waals surface area contributed by atoms with Crippen LogP contribution in [0.1, 0.15) is 17.3 Å². The Morgan fingerprint density at radius 3 is 2.22 bits per heavy atom. The van der Waals surface area contributed by atoms with Gasteiger partial charge in [-0.25, -0.2) is 0 Å². The fraction of sp³-hybridized carbons (Fsp3) is 0.0714. The lowest BCUT2D eigenvalue weighted by Gasteiger charge is -2.02. The number of thiophene rings is 3. The van der Waals surface area contributed by atoms with Crippen molar-refractivity contribution < 1.29 is 4.79 Å². The van der Waals surface area contributed by atoms with Gasteiger partial charge in [0.1, 0.15) is 0 Å². The smallest absolute Gasteiger partial charge is 0.161 e. The van der Waals surface area contributed by atoms with E-state index in [1.54, 1.807) is 40.9 Å². The van der Waals surface area contributed by atoms with Gasteiger partial charge in [-0.3, -0.25) is 4.79 Å². The standard InChI is InChI=1S/C14H10OS3/c1-9(15)10-8-18-14(12-5-3-7-17-12)13(10)11-4-2-6-16-11/h2-8H,1H3. The van der Waals surface area contributed by atoms with E-state index in [1.165, 1.54) is 14.6 Å². The van der Waals surface area contributed by atoms with Crippen molar-refractivity contribution in [1.29, 1.82) is 0 Å². The molecule has 3 aromatic rings. The fourth-order valence-corrected chi connectivity index (χ4v) is 4.73. The van der Waals surface area contributed by atoms with Crippen LogP contribution < -0.4 is 0 Å². The average molecular weight is 290 g/mol. The van der Waals surface area contributed by atoms with Crippen LogP contribution in [0.5, 0.6) is 0 Å². The maximum absolute atomic E-state index is 11.8. The molecular formula is C14H10OS3. The van der Waals surface area contributed by atoms with Crippen molar-refractivity contribution >= 4 is 39.8 Å². The van der Waals surface area contributed by atoms with Gasteiger partial charge in [-0.05, 0) is 29.8 Å². The Balaban J connectivity index is 2.25. The van der Waals surface area contributed by atoms with Gasteiger partial charge in [0, 0.05) is 26.3 Å². The highest BCUT2D eigenvalue weighted by molar-refractivity contribution is 7.21. The van der Waals surface area contributed by atoms with Crippen LogP contribution in [-0.4, -0.2) is 5.78 Å². The largest absolute Gasteiger partial charge is 0.294 e. The van der Waals surface area contributed by atoms with Gasteiger partial charge in [-0.1, -0.05) is 12.1 Å². The summed E-state index contributed by atoms with van der Waals surface area (Å²) in [6.45, 7) is 1.64. The number of ketones is 1. The molecule has 0 N–H and O–H groups in total. The molecule has 0 aromatic carbocycles. The quantitative estimate of drug-likeness (QED) is 0.590. The van der Waals surface area contributed by atoms with Crippen molar-refractivity contribution in [3.8, 4) is 20.2 Å². The summed E-state index contributed by atoms with van der Waals surface area (Å²) in [5.74, 6) is 0.137. The van der Waals surface area contributed by atoms with E-state index in [0.717, 1.165) is 11.1 Å². The first-order valence-corrected chi connectivity index (χ1v) is 8.11. The Bertz CT molecular complexity index is 660. The molecule has 18 heavy (non-hydrogen) atoms. The molecule has 0 aliphatic carbocycles. The SMILES string of the molecule is CC(=O)c1csc(-c2cccs2)c1-c1cccs1. The molecule has 0 spiro atoms. The second-order valence-electron chi connectivity index (χ2n) is 3.86. The summed E-state index contributed by atoms with van der Waals surface area (Å²) >= 11 is 5.06. The van der Waals surface area contributed by atoms with Crippen LogP contribution in [0.4, 0.5) is 0 Å². The summed E-state index contributed by atoms with van der Waals surface area (Å²) in [7, 11) is 0. The summed E-state index contributed by atoms with van der Waals surface area (Å²) in [5, 5.41) is 6.10. The number of hydrogen-bond donors (Lipinski definition) is 0. The third-order valence-electron chi connectivity index (χ3n) is 2.68. The predicted molar refractivity (Wildman–Crippen MR) is 80.9 cm³/mol. The third kappa shape index (κ3) is 1.96. The van der Waals surface area contributed by atoms with Crippen LogP contribution in [0.3, 0.4) is 0 Å². The molecule has 0 fully saturated rings. The zero-order chi connectivity index (χ0) is 12.5.